The summed E-state index contributed by atoms with van der Waals surface area (Å²) in [6.07, 6.45) is 0. The molecule has 0 saturated carbocycles. The number of benzene rings is 1. The number of rotatable bonds is 2. The molecule has 2 nitrogen and oxygen atoms in total. The molecule has 0 fully saturated rings. The summed E-state index contributed by atoms with van der Waals surface area (Å²) in [6.45, 7) is 4.19. The van der Waals surface area contributed by atoms with Gasteiger partial charge in [0.15, 0.2) is 0 Å². The second-order valence-electron chi connectivity index (χ2n) is 3.87. The number of nitrogens with two attached hydrogens (primary N) is 1. The SMILES string of the molecule is COc1cc(C)c(C)cc1-c1csc(N)c1. The van der Waals surface area contributed by atoms with Crippen LogP contribution >= 0.6 is 11.3 Å². The van der Waals surface area contributed by atoms with Crippen molar-refractivity contribution in [3.63, 3.8) is 0 Å². The van der Waals surface area contributed by atoms with E-state index in [0.717, 1.165) is 21.9 Å². The summed E-state index contributed by atoms with van der Waals surface area (Å²) in [5.41, 5.74) is 10.5. The number of nitrogen functional groups attached to an aromatic ring is 1. The first-order chi connectivity index (χ1) is 7.61. The van der Waals surface area contributed by atoms with Crippen molar-refractivity contribution in [3.05, 3.63) is 34.7 Å². The van der Waals surface area contributed by atoms with E-state index in [0.29, 0.717) is 0 Å². The second-order valence-corrected chi connectivity index (χ2v) is 4.82. The van der Waals surface area contributed by atoms with E-state index in [1.165, 1.54) is 11.1 Å². The molecule has 0 bridgehead atoms. The standard InChI is InChI=1S/C13H15NOS/c1-8-4-11(10-6-13(14)16-7-10)12(15-3)5-9(8)2/h4-7H,14H2,1-3H3. The maximum Gasteiger partial charge on any atom is 0.126 e. The third kappa shape index (κ3) is 1.91. The molecule has 2 rings (SSSR count). The smallest absolute Gasteiger partial charge is 0.126 e. The molecule has 2 aromatic rings. The Kier molecular flexibility index (Phi) is 2.88. The van der Waals surface area contributed by atoms with E-state index in [-0.39, 0.29) is 0 Å². The average Bonchev–Trinajstić information content (AvgIpc) is 2.68. The van der Waals surface area contributed by atoms with Gasteiger partial charge in [0.2, 0.25) is 0 Å². The number of hydrogen-bond acceptors (Lipinski definition) is 3. The number of thiophene rings is 1. The van der Waals surface area contributed by atoms with Crippen LogP contribution in [0.2, 0.25) is 0 Å². The topological polar surface area (TPSA) is 35.2 Å². The minimum Gasteiger partial charge on any atom is -0.496 e. The Morgan fingerprint density at radius 2 is 1.81 bits per heavy atom. The highest BCUT2D eigenvalue weighted by atomic mass is 32.1. The molecule has 2 N–H and O–H groups in total. The monoisotopic (exact) mass is 233 g/mol. The molecule has 0 radical (unpaired) electrons. The zero-order chi connectivity index (χ0) is 11.7. The molecular formula is C13H15NOS. The lowest BCUT2D eigenvalue weighted by molar-refractivity contribution is 0.416. The number of hydrogen-bond donors (Lipinski definition) is 1. The van der Waals surface area contributed by atoms with Gasteiger partial charge in [-0.05, 0) is 48.7 Å². The van der Waals surface area contributed by atoms with Crippen LogP contribution in [0.1, 0.15) is 11.1 Å². The van der Waals surface area contributed by atoms with E-state index in [1.807, 2.05) is 6.07 Å². The van der Waals surface area contributed by atoms with Crippen molar-refractivity contribution in [1.82, 2.24) is 0 Å². The van der Waals surface area contributed by atoms with Crippen molar-refractivity contribution in [2.75, 3.05) is 12.8 Å². The van der Waals surface area contributed by atoms with Gasteiger partial charge in [-0.3, -0.25) is 0 Å². The molecule has 84 valence electrons. The van der Waals surface area contributed by atoms with Gasteiger partial charge in [0.25, 0.3) is 0 Å². The highest BCUT2D eigenvalue weighted by Crippen LogP contribution is 2.35. The Labute approximate surface area is 99.7 Å². The van der Waals surface area contributed by atoms with E-state index < -0.39 is 0 Å². The van der Waals surface area contributed by atoms with Gasteiger partial charge in [-0.2, -0.15) is 0 Å². The van der Waals surface area contributed by atoms with E-state index in [1.54, 1.807) is 18.4 Å². The Bertz CT molecular complexity index is 517. The lowest BCUT2D eigenvalue weighted by atomic mass is 10.0. The number of aryl methyl sites for hydroxylation is 2. The van der Waals surface area contributed by atoms with E-state index in [9.17, 15) is 0 Å². The van der Waals surface area contributed by atoms with Crippen LogP contribution in [0.5, 0.6) is 5.75 Å². The molecule has 0 aliphatic rings. The highest BCUT2D eigenvalue weighted by molar-refractivity contribution is 7.14. The second kappa shape index (κ2) is 4.18. The Hall–Kier alpha value is -1.48. The summed E-state index contributed by atoms with van der Waals surface area (Å²) < 4.78 is 5.41. The minimum absolute atomic E-state index is 0.829. The fraction of sp³-hybridized carbons (Fsp3) is 0.231. The van der Waals surface area contributed by atoms with Crippen molar-refractivity contribution >= 4 is 16.3 Å². The van der Waals surface area contributed by atoms with Crippen molar-refractivity contribution in [2.45, 2.75) is 13.8 Å². The van der Waals surface area contributed by atoms with Crippen LogP contribution in [0.25, 0.3) is 11.1 Å². The van der Waals surface area contributed by atoms with Crippen LogP contribution < -0.4 is 10.5 Å². The number of methoxy groups -OCH3 is 1. The molecule has 0 unspecified atom stereocenters. The van der Waals surface area contributed by atoms with Gasteiger partial charge in [0.1, 0.15) is 5.75 Å². The van der Waals surface area contributed by atoms with Gasteiger partial charge in [0, 0.05) is 10.9 Å². The molecule has 0 spiro atoms. The van der Waals surface area contributed by atoms with Crippen molar-refractivity contribution in [3.8, 4) is 16.9 Å². The van der Waals surface area contributed by atoms with Crippen LogP contribution in [-0.4, -0.2) is 7.11 Å². The third-order valence-electron chi connectivity index (χ3n) is 2.75. The first kappa shape index (κ1) is 11.0. The molecule has 0 atom stereocenters. The molecule has 0 aliphatic heterocycles. The van der Waals surface area contributed by atoms with Gasteiger partial charge < -0.3 is 10.5 Å². The molecule has 0 saturated heterocycles. The Balaban J connectivity index is 2.59. The normalized spacial score (nSPS) is 10.4. The molecule has 3 heteroatoms. The van der Waals surface area contributed by atoms with Crippen LogP contribution in [-0.2, 0) is 0 Å². The van der Waals surface area contributed by atoms with Gasteiger partial charge in [-0.1, -0.05) is 0 Å². The van der Waals surface area contributed by atoms with Crippen LogP contribution in [0.3, 0.4) is 0 Å². The van der Waals surface area contributed by atoms with Gasteiger partial charge in [-0.25, -0.2) is 0 Å². The fourth-order valence-corrected chi connectivity index (χ4v) is 2.33. The predicted molar refractivity (Wildman–Crippen MR) is 70.2 cm³/mol. The van der Waals surface area contributed by atoms with E-state index in [2.05, 4.69) is 31.4 Å². The molecule has 16 heavy (non-hydrogen) atoms. The van der Waals surface area contributed by atoms with Crippen molar-refractivity contribution in [2.24, 2.45) is 0 Å². The average molecular weight is 233 g/mol. The van der Waals surface area contributed by atoms with Crippen LogP contribution in [0.15, 0.2) is 23.6 Å². The number of anilines is 1. The third-order valence-corrected chi connectivity index (χ3v) is 3.51. The van der Waals surface area contributed by atoms with Gasteiger partial charge in [0.05, 0.1) is 12.1 Å². The Morgan fingerprint density at radius 3 is 2.38 bits per heavy atom. The summed E-state index contributed by atoms with van der Waals surface area (Å²) in [5, 5.41) is 2.89. The molecule has 0 aliphatic carbocycles. The van der Waals surface area contributed by atoms with E-state index in [4.69, 9.17) is 10.5 Å². The van der Waals surface area contributed by atoms with Crippen molar-refractivity contribution in [1.29, 1.82) is 0 Å². The Morgan fingerprint density at radius 1 is 1.12 bits per heavy atom. The summed E-state index contributed by atoms with van der Waals surface area (Å²) in [5.74, 6) is 0.904. The molecule has 1 aromatic carbocycles. The summed E-state index contributed by atoms with van der Waals surface area (Å²) >= 11 is 1.55. The maximum atomic E-state index is 5.75. The largest absolute Gasteiger partial charge is 0.496 e. The summed E-state index contributed by atoms with van der Waals surface area (Å²) in [4.78, 5) is 0. The lowest BCUT2D eigenvalue weighted by Crippen LogP contribution is -1.90. The summed E-state index contributed by atoms with van der Waals surface area (Å²) in [6, 6.07) is 6.20. The minimum atomic E-state index is 0.829. The predicted octanol–water partition coefficient (Wildman–Crippen LogP) is 3.62. The first-order valence-corrected chi connectivity index (χ1v) is 5.99. The lowest BCUT2D eigenvalue weighted by Gasteiger charge is -2.10. The first-order valence-electron chi connectivity index (χ1n) is 5.11. The zero-order valence-corrected chi connectivity index (χ0v) is 10.5. The molecule has 1 aromatic heterocycles. The number of ether oxygens (including phenoxy) is 1. The maximum absolute atomic E-state index is 5.75. The van der Waals surface area contributed by atoms with Crippen LogP contribution in [0, 0.1) is 13.8 Å². The van der Waals surface area contributed by atoms with Gasteiger partial charge in [-0.15, -0.1) is 11.3 Å². The highest BCUT2D eigenvalue weighted by Gasteiger charge is 2.09. The van der Waals surface area contributed by atoms with Crippen molar-refractivity contribution < 1.29 is 4.74 Å². The molecular weight excluding hydrogens is 218 g/mol. The molecule has 1 heterocycles. The molecule has 0 amide bonds. The van der Waals surface area contributed by atoms with Crippen LogP contribution in [0.4, 0.5) is 5.00 Å². The van der Waals surface area contributed by atoms with Gasteiger partial charge >= 0.3 is 0 Å². The van der Waals surface area contributed by atoms with E-state index >= 15 is 0 Å². The zero-order valence-electron chi connectivity index (χ0n) is 9.70. The quantitative estimate of drug-likeness (QED) is 0.859. The fourth-order valence-electron chi connectivity index (χ4n) is 1.68. The summed E-state index contributed by atoms with van der Waals surface area (Å²) in [7, 11) is 1.70.